The van der Waals surface area contributed by atoms with Gasteiger partial charge in [0.1, 0.15) is 11.6 Å². The van der Waals surface area contributed by atoms with Gasteiger partial charge >= 0.3 is 0 Å². The fraction of sp³-hybridized carbons (Fsp3) is 0.214. The van der Waals surface area contributed by atoms with Gasteiger partial charge in [-0.15, -0.1) is 10.2 Å². The number of methoxy groups -OCH3 is 1. The van der Waals surface area contributed by atoms with Crippen LogP contribution in [-0.4, -0.2) is 37.3 Å². The lowest BCUT2D eigenvalue weighted by Gasteiger charge is -2.17. The molecule has 1 aromatic carbocycles. The quantitative estimate of drug-likeness (QED) is 0.919. The number of benzene rings is 1. The molecule has 0 spiro atoms. The summed E-state index contributed by atoms with van der Waals surface area (Å²) in [7, 11) is 5.04. The molecule has 0 unspecified atom stereocenters. The van der Waals surface area contributed by atoms with Crippen molar-refractivity contribution in [3.8, 4) is 5.75 Å². The SMILES string of the molecule is CNc1ccc(C(=O)N(C)c2ccc(OC)cc2)nn1. The van der Waals surface area contributed by atoms with E-state index in [1.807, 2.05) is 12.1 Å². The minimum absolute atomic E-state index is 0.217. The third-order valence-corrected chi connectivity index (χ3v) is 2.90. The molecule has 1 amide bonds. The highest BCUT2D eigenvalue weighted by Gasteiger charge is 2.15. The van der Waals surface area contributed by atoms with Crippen molar-refractivity contribution in [2.24, 2.45) is 0 Å². The third-order valence-electron chi connectivity index (χ3n) is 2.90. The number of carbonyl (C=O) groups excluding carboxylic acids is 1. The summed E-state index contributed by atoms with van der Waals surface area (Å²) < 4.78 is 5.09. The molecule has 0 radical (unpaired) electrons. The number of ether oxygens (including phenoxy) is 1. The first-order valence-corrected chi connectivity index (χ1v) is 6.09. The standard InChI is InChI=1S/C14H16N4O2/c1-15-13-9-8-12(16-17-13)14(19)18(2)10-4-6-11(20-3)7-5-10/h4-9H,1-3H3,(H,15,17). The molecule has 6 nitrogen and oxygen atoms in total. The first kappa shape index (κ1) is 13.8. The Balaban J connectivity index is 2.17. The number of hydrogen-bond acceptors (Lipinski definition) is 5. The van der Waals surface area contributed by atoms with Gasteiger partial charge < -0.3 is 15.0 Å². The maximum absolute atomic E-state index is 12.3. The van der Waals surface area contributed by atoms with Crippen LogP contribution in [0.25, 0.3) is 0 Å². The second-order valence-electron chi connectivity index (χ2n) is 4.12. The van der Waals surface area contributed by atoms with Crippen LogP contribution >= 0.6 is 0 Å². The largest absolute Gasteiger partial charge is 0.497 e. The predicted octanol–water partition coefficient (Wildman–Crippen LogP) is 1.80. The van der Waals surface area contributed by atoms with Crippen LogP contribution in [0.4, 0.5) is 11.5 Å². The molecule has 20 heavy (non-hydrogen) atoms. The molecule has 0 bridgehead atoms. The minimum atomic E-state index is -0.217. The molecule has 0 aliphatic heterocycles. The fourth-order valence-electron chi connectivity index (χ4n) is 1.67. The predicted molar refractivity (Wildman–Crippen MR) is 77.3 cm³/mol. The molecule has 2 rings (SSSR count). The van der Waals surface area contributed by atoms with E-state index in [1.54, 1.807) is 45.5 Å². The topological polar surface area (TPSA) is 67.4 Å². The normalized spacial score (nSPS) is 9.95. The summed E-state index contributed by atoms with van der Waals surface area (Å²) in [5, 5.41) is 10.6. The highest BCUT2D eigenvalue weighted by atomic mass is 16.5. The van der Waals surface area contributed by atoms with Crippen LogP contribution < -0.4 is 15.0 Å². The van der Waals surface area contributed by atoms with Gasteiger partial charge in [-0.25, -0.2) is 0 Å². The molecule has 6 heteroatoms. The van der Waals surface area contributed by atoms with Gasteiger partial charge in [0.2, 0.25) is 0 Å². The van der Waals surface area contributed by atoms with Gasteiger partial charge in [0.15, 0.2) is 5.69 Å². The Morgan fingerprint density at radius 3 is 2.35 bits per heavy atom. The van der Waals surface area contributed by atoms with Crippen molar-refractivity contribution in [3.05, 3.63) is 42.1 Å². The molecule has 0 saturated heterocycles. The van der Waals surface area contributed by atoms with Crippen LogP contribution in [0.1, 0.15) is 10.5 Å². The van der Waals surface area contributed by atoms with Gasteiger partial charge in [-0.3, -0.25) is 4.79 Å². The summed E-state index contributed by atoms with van der Waals surface area (Å²) in [6.07, 6.45) is 0. The van der Waals surface area contributed by atoms with Crippen molar-refractivity contribution in [1.82, 2.24) is 10.2 Å². The van der Waals surface area contributed by atoms with Crippen LogP contribution in [0, 0.1) is 0 Å². The van der Waals surface area contributed by atoms with Crippen molar-refractivity contribution >= 4 is 17.4 Å². The minimum Gasteiger partial charge on any atom is -0.497 e. The average molecular weight is 272 g/mol. The van der Waals surface area contributed by atoms with Gasteiger partial charge in [-0.05, 0) is 36.4 Å². The number of rotatable bonds is 4. The maximum Gasteiger partial charge on any atom is 0.278 e. The Bertz CT molecular complexity index is 581. The van der Waals surface area contributed by atoms with E-state index in [-0.39, 0.29) is 5.91 Å². The summed E-state index contributed by atoms with van der Waals surface area (Å²) in [6, 6.07) is 10.6. The summed E-state index contributed by atoms with van der Waals surface area (Å²) in [5.41, 5.74) is 1.05. The highest BCUT2D eigenvalue weighted by molar-refractivity contribution is 6.04. The van der Waals surface area contributed by atoms with Gasteiger partial charge in [-0.1, -0.05) is 0 Å². The Morgan fingerprint density at radius 1 is 1.15 bits per heavy atom. The van der Waals surface area contributed by atoms with Gasteiger partial charge in [-0.2, -0.15) is 0 Å². The van der Waals surface area contributed by atoms with E-state index in [9.17, 15) is 4.79 Å². The maximum atomic E-state index is 12.3. The van der Waals surface area contributed by atoms with Crippen molar-refractivity contribution in [2.75, 3.05) is 31.4 Å². The number of anilines is 2. The first-order chi connectivity index (χ1) is 9.65. The molecular formula is C14H16N4O2. The second-order valence-corrected chi connectivity index (χ2v) is 4.12. The van der Waals surface area contributed by atoms with E-state index < -0.39 is 0 Å². The van der Waals surface area contributed by atoms with Crippen LogP contribution in [0.3, 0.4) is 0 Å². The van der Waals surface area contributed by atoms with Crippen LogP contribution in [0.15, 0.2) is 36.4 Å². The third kappa shape index (κ3) is 2.85. The molecule has 1 aromatic heterocycles. The van der Waals surface area contributed by atoms with Crippen molar-refractivity contribution < 1.29 is 9.53 Å². The molecule has 2 aromatic rings. The van der Waals surface area contributed by atoms with Crippen molar-refractivity contribution in [2.45, 2.75) is 0 Å². The summed E-state index contributed by atoms with van der Waals surface area (Å²) in [6.45, 7) is 0. The first-order valence-electron chi connectivity index (χ1n) is 6.09. The lowest BCUT2D eigenvalue weighted by atomic mass is 10.2. The molecule has 1 heterocycles. The lowest BCUT2D eigenvalue weighted by molar-refractivity contribution is 0.0987. The Hall–Kier alpha value is -2.63. The molecule has 1 N–H and O–H groups in total. The summed E-state index contributed by atoms with van der Waals surface area (Å²) in [4.78, 5) is 13.8. The molecule has 0 aliphatic carbocycles. The number of nitrogens with zero attached hydrogens (tertiary/aromatic N) is 3. The van der Waals surface area contributed by atoms with Crippen LogP contribution in [0.2, 0.25) is 0 Å². The van der Waals surface area contributed by atoms with E-state index in [1.165, 1.54) is 4.90 Å². The zero-order valence-corrected chi connectivity index (χ0v) is 11.6. The number of carbonyl (C=O) groups is 1. The molecule has 0 atom stereocenters. The average Bonchev–Trinajstić information content (AvgIpc) is 2.53. The zero-order valence-electron chi connectivity index (χ0n) is 11.6. The highest BCUT2D eigenvalue weighted by Crippen LogP contribution is 2.19. The Kier molecular flexibility index (Phi) is 4.14. The molecule has 0 aliphatic rings. The van der Waals surface area contributed by atoms with E-state index in [0.717, 1.165) is 11.4 Å². The van der Waals surface area contributed by atoms with Gasteiger partial charge in [0, 0.05) is 19.8 Å². The number of hydrogen-bond donors (Lipinski definition) is 1. The number of amides is 1. The second kappa shape index (κ2) is 6.01. The lowest BCUT2D eigenvalue weighted by Crippen LogP contribution is -2.27. The molecule has 0 fully saturated rings. The number of nitrogens with one attached hydrogen (secondary N) is 1. The van der Waals surface area contributed by atoms with Crippen molar-refractivity contribution in [1.29, 1.82) is 0 Å². The van der Waals surface area contributed by atoms with E-state index >= 15 is 0 Å². The van der Waals surface area contributed by atoms with Gasteiger partial charge in [0.05, 0.1) is 7.11 Å². The summed E-state index contributed by atoms with van der Waals surface area (Å²) >= 11 is 0. The van der Waals surface area contributed by atoms with Crippen LogP contribution in [-0.2, 0) is 0 Å². The summed E-state index contributed by atoms with van der Waals surface area (Å²) in [5.74, 6) is 1.15. The number of aromatic nitrogens is 2. The van der Waals surface area contributed by atoms with E-state index in [4.69, 9.17) is 4.74 Å². The molecule has 104 valence electrons. The van der Waals surface area contributed by atoms with Gasteiger partial charge in [0.25, 0.3) is 5.91 Å². The molecule has 0 saturated carbocycles. The monoisotopic (exact) mass is 272 g/mol. The Labute approximate surface area is 117 Å². The van der Waals surface area contributed by atoms with E-state index in [0.29, 0.717) is 11.5 Å². The van der Waals surface area contributed by atoms with Crippen LogP contribution in [0.5, 0.6) is 5.75 Å². The zero-order chi connectivity index (χ0) is 14.5. The van der Waals surface area contributed by atoms with E-state index in [2.05, 4.69) is 15.5 Å². The smallest absolute Gasteiger partial charge is 0.278 e. The Morgan fingerprint density at radius 2 is 1.85 bits per heavy atom. The molecular weight excluding hydrogens is 256 g/mol. The van der Waals surface area contributed by atoms with Crippen molar-refractivity contribution in [3.63, 3.8) is 0 Å². The fourth-order valence-corrected chi connectivity index (χ4v) is 1.67.